The molecule has 9 heteroatoms. The van der Waals surface area contributed by atoms with Crippen molar-refractivity contribution in [2.75, 3.05) is 7.11 Å². The number of halogens is 1. The Labute approximate surface area is 210 Å². The molecule has 1 saturated carbocycles. The first-order valence-electron chi connectivity index (χ1n) is 11.8. The van der Waals surface area contributed by atoms with E-state index in [1.165, 1.54) is 18.4 Å². The molecule has 2 aromatic heterocycles. The molecule has 0 bridgehead atoms. The maximum Gasteiger partial charge on any atom is 0.407 e. The Morgan fingerprint density at radius 2 is 2.12 bits per heavy atom. The Morgan fingerprint density at radius 3 is 2.82 bits per heavy atom. The van der Waals surface area contributed by atoms with E-state index >= 15 is 0 Å². The summed E-state index contributed by atoms with van der Waals surface area (Å²) in [6.07, 6.45) is 4.49. The SMILES string of the molecule is CCCC(C)OC(=O)NCc1cc(Cl)sc1-c1ccc(O[C@H]2CCC[C@H](C(=O)OC)C2)c(C)n1. The number of pyridine rings is 1. The van der Waals surface area contributed by atoms with Gasteiger partial charge in [-0.15, -0.1) is 11.3 Å². The van der Waals surface area contributed by atoms with Crippen molar-refractivity contribution in [1.29, 1.82) is 0 Å². The van der Waals surface area contributed by atoms with Crippen molar-refractivity contribution in [2.24, 2.45) is 5.92 Å². The molecule has 0 aromatic carbocycles. The number of carbonyl (C=O) groups is 2. The van der Waals surface area contributed by atoms with Crippen molar-refractivity contribution in [3.63, 3.8) is 0 Å². The zero-order valence-electron chi connectivity index (χ0n) is 20.2. The van der Waals surface area contributed by atoms with Gasteiger partial charge in [0.2, 0.25) is 0 Å². The summed E-state index contributed by atoms with van der Waals surface area (Å²) in [7, 11) is 1.43. The number of ether oxygens (including phenoxy) is 3. The first-order valence-corrected chi connectivity index (χ1v) is 12.9. The lowest BCUT2D eigenvalue weighted by Gasteiger charge is -2.28. The second kappa shape index (κ2) is 12.4. The number of nitrogens with one attached hydrogen (secondary N) is 1. The van der Waals surface area contributed by atoms with Gasteiger partial charge in [-0.1, -0.05) is 24.9 Å². The number of esters is 1. The molecular formula is C25H33ClN2O5S. The van der Waals surface area contributed by atoms with Gasteiger partial charge in [0.05, 0.1) is 39.7 Å². The van der Waals surface area contributed by atoms with E-state index in [1.54, 1.807) is 0 Å². The minimum atomic E-state index is -0.445. The first-order chi connectivity index (χ1) is 16.3. The third kappa shape index (κ3) is 7.09. The molecule has 0 radical (unpaired) electrons. The van der Waals surface area contributed by atoms with Gasteiger partial charge in [-0.05, 0) is 69.7 Å². The number of nitrogens with zero attached hydrogens (tertiary/aromatic N) is 1. The van der Waals surface area contributed by atoms with E-state index < -0.39 is 6.09 Å². The topological polar surface area (TPSA) is 86.8 Å². The van der Waals surface area contributed by atoms with Crippen molar-refractivity contribution < 1.29 is 23.8 Å². The van der Waals surface area contributed by atoms with Crippen LogP contribution in [0.15, 0.2) is 18.2 Å². The molecule has 2 aromatic rings. The maximum atomic E-state index is 12.1. The molecule has 1 aliphatic rings. The number of carbonyl (C=O) groups excluding carboxylic acids is 2. The zero-order valence-corrected chi connectivity index (χ0v) is 21.8. The molecule has 3 rings (SSSR count). The van der Waals surface area contributed by atoms with Crippen LogP contribution in [0.4, 0.5) is 4.79 Å². The summed E-state index contributed by atoms with van der Waals surface area (Å²) in [6, 6.07) is 5.65. The number of alkyl carbamates (subject to hydrolysis) is 1. The molecule has 1 fully saturated rings. The van der Waals surface area contributed by atoms with Crippen LogP contribution < -0.4 is 10.1 Å². The number of methoxy groups -OCH3 is 1. The van der Waals surface area contributed by atoms with Gasteiger partial charge < -0.3 is 19.5 Å². The second-order valence-electron chi connectivity index (χ2n) is 8.67. The fourth-order valence-electron chi connectivity index (χ4n) is 4.21. The second-order valence-corrected chi connectivity index (χ2v) is 10.4. The van der Waals surface area contributed by atoms with Crippen LogP contribution in [0.1, 0.15) is 63.6 Å². The predicted octanol–water partition coefficient (Wildman–Crippen LogP) is 6.30. The summed E-state index contributed by atoms with van der Waals surface area (Å²) in [5.74, 6) is 0.421. The molecule has 1 N–H and O–H groups in total. The minimum absolute atomic E-state index is 0.0405. The fourth-order valence-corrected chi connectivity index (χ4v) is 5.45. The smallest absolute Gasteiger partial charge is 0.407 e. The van der Waals surface area contributed by atoms with Crippen molar-refractivity contribution >= 4 is 35.0 Å². The Hall–Kier alpha value is -2.32. The minimum Gasteiger partial charge on any atom is -0.489 e. The molecular weight excluding hydrogens is 476 g/mol. The number of rotatable bonds is 9. The van der Waals surface area contributed by atoms with E-state index in [4.69, 9.17) is 30.8 Å². The highest BCUT2D eigenvalue weighted by atomic mass is 35.5. The van der Waals surface area contributed by atoms with Gasteiger partial charge in [0.1, 0.15) is 11.9 Å². The molecule has 2 heterocycles. The van der Waals surface area contributed by atoms with Gasteiger partial charge >= 0.3 is 12.1 Å². The lowest BCUT2D eigenvalue weighted by molar-refractivity contribution is -0.147. The van der Waals surface area contributed by atoms with E-state index in [2.05, 4.69) is 12.2 Å². The highest BCUT2D eigenvalue weighted by molar-refractivity contribution is 7.19. The Morgan fingerprint density at radius 1 is 1.32 bits per heavy atom. The largest absolute Gasteiger partial charge is 0.489 e. The number of hydrogen-bond acceptors (Lipinski definition) is 7. The average Bonchev–Trinajstić information content (AvgIpc) is 3.19. The molecule has 3 atom stereocenters. The Bertz CT molecular complexity index is 996. The molecule has 1 amide bonds. The van der Waals surface area contributed by atoms with Crippen LogP contribution in [0.2, 0.25) is 4.34 Å². The number of amides is 1. The van der Waals surface area contributed by atoms with Crippen LogP contribution in [0, 0.1) is 12.8 Å². The lowest BCUT2D eigenvalue weighted by atomic mass is 9.87. The summed E-state index contributed by atoms with van der Waals surface area (Å²) < 4.78 is 17.1. The molecule has 0 aliphatic heterocycles. The van der Waals surface area contributed by atoms with Crippen LogP contribution in [-0.2, 0) is 20.8 Å². The third-order valence-corrected chi connectivity index (χ3v) is 7.26. The molecule has 0 saturated heterocycles. The van der Waals surface area contributed by atoms with E-state index in [1.807, 2.05) is 32.0 Å². The number of hydrogen-bond donors (Lipinski definition) is 1. The van der Waals surface area contributed by atoms with Crippen LogP contribution in [0.5, 0.6) is 5.75 Å². The average molecular weight is 509 g/mol. The third-order valence-electron chi connectivity index (χ3n) is 5.93. The summed E-state index contributed by atoms with van der Waals surface area (Å²) in [5, 5.41) is 2.81. The highest BCUT2D eigenvalue weighted by Gasteiger charge is 2.29. The van der Waals surface area contributed by atoms with E-state index in [-0.39, 0.29) is 24.1 Å². The highest BCUT2D eigenvalue weighted by Crippen LogP contribution is 2.36. The van der Waals surface area contributed by atoms with E-state index in [9.17, 15) is 9.59 Å². The molecule has 186 valence electrons. The normalized spacial score (nSPS) is 18.7. The van der Waals surface area contributed by atoms with E-state index in [0.717, 1.165) is 53.9 Å². The summed E-state index contributed by atoms with van der Waals surface area (Å²) in [6.45, 7) is 6.14. The number of aryl methyl sites for hydroxylation is 1. The number of aromatic nitrogens is 1. The van der Waals surface area contributed by atoms with Crippen LogP contribution >= 0.6 is 22.9 Å². The molecule has 0 spiro atoms. The number of thiophene rings is 1. The lowest BCUT2D eigenvalue weighted by Crippen LogP contribution is -2.30. The van der Waals surface area contributed by atoms with Crippen LogP contribution in [0.3, 0.4) is 0 Å². The summed E-state index contributed by atoms with van der Waals surface area (Å²) in [5.41, 5.74) is 2.40. The van der Waals surface area contributed by atoms with Crippen molar-refractivity contribution in [3.8, 4) is 16.3 Å². The summed E-state index contributed by atoms with van der Waals surface area (Å²) in [4.78, 5) is 29.7. The standard InChI is InChI=1S/C25H33ClN2O5S/c1-5-7-15(2)32-25(30)27-14-18-13-22(26)34-23(18)20-10-11-21(16(3)28-20)33-19-9-6-8-17(12-19)24(29)31-4/h10-11,13,15,17,19H,5-9,12,14H2,1-4H3,(H,27,30)/t15?,17-,19-/m0/s1. The quantitative estimate of drug-likeness (QED) is 0.400. The fraction of sp³-hybridized carbons (Fsp3) is 0.560. The molecule has 34 heavy (non-hydrogen) atoms. The molecule has 1 unspecified atom stereocenters. The first kappa shape index (κ1) is 26.3. The van der Waals surface area contributed by atoms with E-state index in [0.29, 0.717) is 23.1 Å². The molecule has 7 nitrogen and oxygen atoms in total. The molecule has 1 aliphatic carbocycles. The van der Waals surface area contributed by atoms with Gasteiger partial charge in [-0.25, -0.2) is 9.78 Å². The Kier molecular flexibility index (Phi) is 9.59. The Balaban J connectivity index is 1.66. The maximum absolute atomic E-state index is 12.1. The predicted molar refractivity (Wildman–Crippen MR) is 133 cm³/mol. The van der Waals surface area contributed by atoms with Crippen molar-refractivity contribution in [3.05, 3.63) is 33.8 Å². The van der Waals surface area contributed by atoms with Gasteiger partial charge in [0, 0.05) is 6.54 Å². The van der Waals surface area contributed by atoms with Gasteiger partial charge in [0.15, 0.2) is 0 Å². The van der Waals surface area contributed by atoms with Crippen molar-refractivity contribution in [2.45, 2.75) is 78.0 Å². The monoisotopic (exact) mass is 508 g/mol. The summed E-state index contributed by atoms with van der Waals surface area (Å²) >= 11 is 7.71. The van der Waals surface area contributed by atoms with Gasteiger partial charge in [0.25, 0.3) is 0 Å². The van der Waals surface area contributed by atoms with Crippen LogP contribution in [0.25, 0.3) is 10.6 Å². The zero-order chi connectivity index (χ0) is 24.7. The van der Waals surface area contributed by atoms with Crippen LogP contribution in [-0.4, -0.2) is 36.4 Å². The van der Waals surface area contributed by atoms with Gasteiger partial charge in [-0.3, -0.25) is 4.79 Å². The van der Waals surface area contributed by atoms with Gasteiger partial charge in [-0.2, -0.15) is 0 Å². The van der Waals surface area contributed by atoms with Crippen molar-refractivity contribution in [1.82, 2.24) is 10.3 Å².